The van der Waals surface area contributed by atoms with E-state index < -0.39 is 5.97 Å². The molecule has 1 aromatic carbocycles. The van der Waals surface area contributed by atoms with Gasteiger partial charge in [-0.1, -0.05) is 11.6 Å². The van der Waals surface area contributed by atoms with Crippen LogP contribution in [0.3, 0.4) is 0 Å². The molecule has 0 spiro atoms. The summed E-state index contributed by atoms with van der Waals surface area (Å²) in [7, 11) is 0. The van der Waals surface area contributed by atoms with E-state index in [9.17, 15) is 14.4 Å². The minimum absolute atomic E-state index is 0.0240. The van der Waals surface area contributed by atoms with Crippen LogP contribution in [0.15, 0.2) is 24.4 Å². The van der Waals surface area contributed by atoms with Gasteiger partial charge in [-0.3, -0.25) is 9.59 Å². The third-order valence-corrected chi connectivity index (χ3v) is 6.89. The number of carbonyl (C=O) groups is 3. The topological polar surface area (TPSA) is 107 Å². The van der Waals surface area contributed by atoms with Crippen molar-refractivity contribution in [2.75, 3.05) is 19.6 Å². The van der Waals surface area contributed by atoms with E-state index in [0.29, 0.717) is 42.1 Å². The van der Waals surface area contributed by atoms with E-state index >= 15 is 0 Å². The number of hydrogen-bond donors (Lipinski definition) is 3. The number of esters is 1. The highest BCUT2D eigenvalue weighted by Crippen LogP contribution is 2.24. The number of amides is 2. The minimum atomic E-state index is -0.434. The first-order chi connectivity index (χ1) is 17.2. The van der Waals surface area contributed by atoms with Crippen molar-refractivity contribution in [1.82, 2.24) is 20.2 Å². The van der Waals surface area contributed by atoms with E-state index in [-0.39, 0.29) is 23.8 Å². The molecular weight excluding hydrogens is 456 g/mol. The smallest absolute Gasteiger partial charge is 0.340 e. The van der Waals surface area contributed by atoms with E-state index in [1.165, 1.54) is 16.5 Å². The minimum Gasteiger partial charge on any atom is -0.459 e. The number of likely N-dealkylation sites (tertiary alicyclic amines) is 1. The number of benzene rings is 1. The number of piperidine rings is 1. The van der Waals surface area contributed by atoms with Gasteiger partial charge in [0.15, 0.2) is 0 Å². The molecule has 2 amide bonds. The Morgan fingerprint density at radius 1 is 1.19 bits per heavy atom. The van der Waals surface area contributed by atoms with Gasteiger partial charge in [-0.25, -0.2) is 4.79 Å². The fraction of sp³-hybridized carbons (Fsp3) is 0.464. The van der Waals surface area contributed by atoms with Crippen LogP contribution in [0.5, 0.6) is 0 Å². The largest absolute Gasteiger partial charge is 0.459 e. The second-order valence-corrected chi connectivity index (χ2v) is 10.1. The molecule has 1 fully saturated rings. The van der Waals surface area contributed by atoms with Crippen molar-refractivity contribution in [1.29, 1.82) is 0 Å². The zero-order chi connectivity index (χ0) is 26.0. The number of nitrogens with zero attached hydrogens (tertiary/aromatic N) is 1. The Kier molecular flexibility index (Phi) is 7.52. The first-order valence-electron chi connectivity index (χ1n) is 12.7. The summed E-state index contributed by atoms with van der Waals surface area (Å²) >= 11 is 0. The van der Waals surface area contributed by atoms with Crippen molar-refractivity contribution in [2.24, 2.45) is 5.92 Å². The molecule has 8 nitrogen and oxygen atoms in total. The number of hydrogen-bond acceptors (Lipinski definition) is 4. The first kappa shape index (κ1) is 25.5. The number of ether oxygens (including phenoxy) is 1. The van der Waals surface area contributed by atoms with Gasteiger partial charge >= 0.3 is 5.97 Å². The monoisotopic (exact) mass is 492 g/mol. The molecule has 1 atom stereocenters. The molecule has 4 rings (SSSR count). The lowest BCUT2D eigenvalue weighted by Gasteiger charge is -2.32. The van der Waals surface area contributed by atoms with Crippen molar-refractivity contribution in [2.45, 2.75) is 60.0 Å². The van der Waals surface area contributed by atoms with Crippen LogP contribution < -0.4 is 5.32 Å². The number of aromatic amines is 2. The molecular formula is C28H36N4O4. The second-order valence-electron chi connectivity index (χ2n) is 10.1. The fourth-order valence-corrected chi connectivity index (χ4v) is 5.04. The van der Waals surface area contributed by atoms with Crippen molar-refractivity contribution in [3.63, 3.8) is 0 Å². The lowest BCUT2D eigenvalue weighted by molar-refractivity contribution is -0.126. The number of rotatable bonds is 7. The van der Waals surface area contributed by atoms with E-state index in [1.54, 1.807) is 32.6 Å². The van der Waals surface area contributed by atoms with E-state index in [0.717, 1.165) is 24.8 Å². The second kappa shape index (κ2) is 10.6. The average Bonchev–Trinajstić information content (AvgIpc) is 3.37. The van der Waals surface area contributed by atoms with Crippen LogP contribution in [-0.4, -0.2) is 58.4 Å². The zero-order valence-corrected chi connectivity index (χ0v) is 21.8. The molecule has 0 saturated carbocycles. The zero-order valence-electron chi connectivity index (χ0n) is 21.8. The summed E-state index contributed by atoms with van der Waals surface area (Å²) in [6.07, 6.45) is 4.00. The summed E-state index contributed by atoms with van der Waals surface area (Å²) in [4.78, 5) is 46.9. The molecule has 0 bridgehead atoms. The number of aryl methyl sites for hydroxylation is 2. The Labute approximate surface area is 211 Å². The third kappa shape index (κ3) is 5.32. The van der Waals surface area contributed by atoms with Gasteiger partial charge in [0.25, 0.3) is 5.91 Å². The maximum absolute atomic E-state index is 13.3. The van der Waals surface area contributed by atoms with Gasteiger partial charge in [-0.15, -0.1) is 0 Å². The van der Waals surface area contributed by atoms with Crippen molar-refractivity contribution >= 4 is 28.7 Å². The first-order valence-corrected chi connectivity index (χ1v) is 12.7. The van der Waals surface area contributed by atoms with Gasteiger partial charge < -0.3 is 24.9 Å². The molecule has 2 aromatic heterocycles. The van der Waals surface area contributed by atoms with Gasteiger partial charge in [0, 0.05) is 42.4 Å². The Hall–Kier alpha value is -3.55. The maximum Gasteiger partial charge on any atom is 0.340 e. The van der Waals surface area contributed by atoms with Crippen LogP contribution in [0.25, 0.3) is 10.9 Å². The summed E-state index contributed by atoms with van der Waals surface area (Å²) in [5.74, 6) is -0.902. The molecule has 3 N–H and O–H groups in total. The molecule has 1 aliphatic heterocycles. The van der Waals surface area contributed by atoms with Crippen LogP contribution in [0.4, 0.5) is 0 Å². The Bertz CT molecular complexity index is 1290. The Morgan fingerprint density at radius 3 is 2.72 bits per heavy atom. The number of fused-ring (bicyclic) bond motifs is 1. The molecule has 0 unspecified atom stereocenters. The van der Waals surface area contributed by atoms with Crippen LogP contribution in [0.2, 0.25) is 0 Å². The van der Waals surface area contributed by atoms with Crippen LogP contribution in [0, 0.1) is 26.7 Å². The van der Waals surface area contributed by atoms with E-state index in [1.807, 2.05) is 6.20 Å². The van der Waals surface area contributed by atoms with Gasteiger partial charge in [0.2, 0.25) is 5.91 Å². The van der Waals surface area contributed by atoms with Gasteiger partial charge in [-0.2, -0.15) is 0 Å². The molecule has 0 radical (unpaired) electrons. The molecule has 8 heteroatoms. The normalized spacial score (nSPS) is 15.9. The summed E-state index contributed by atoms with van der Waals surface area (Å²) in [6, 6.07) is 6.31. The molecule has 3 aromatic rings. The Balaban J connectivity index is 1.37. The van der Waals surface area contributed by atoms with Gasteiger partial charge in [-0.05, 0) is 77.1 Å². The summed E-state index contributed by atoms with van der Waals surface area (Å²) in [5.41, 5.74) is 5.47. The maximum atomic E-state index is 13.3. The lowest BCUT2D eigenvalue weighted by atomic mass is 9.96. The van der Waals surface area contributed by atoms with Crippen molar-refractivity contribution in [3.05, 3.63) is 58.0 Å². The molecule has 1 saturated heterocycles. The van der Waals surface area contributed by atoms with E-state index in [4.69, 9.17) is 4.74 Å². The number of H-pyrrole nitrogens is 2. The molecule has 192 valence electrons. The number of nitrogens with one attached hydrogen (secondary N) is 3. The van der Waals surface area contributed by atoms with Crippen LogP contribution in [-0.2, 0) is 16.0 Å². The average molecular weight is 493 g/mol. The van der Waals surface area contributed by atoms with E-state index in [2.05, 4.69) is 40.4 Å². The molecule has 0 aliphatic carbocycles. The number of aromatic nitrogens is 2. The molecule has 3 heterocycles. The highest BCUT2D eigenvalue weighted by molar-refractivity contribution is 6.00. The quantitative estimate of drug-likeness (QED) is 0.430. The summed E-state index contributed by atoms with van der Waals surface area (Å²) in [5, 5.41) is 4.25. The molecule has 36 heavy (non-hydrogen) atoms. The van der Waals surface area contributed by atoms with Gasteiger partial charge in [0.05, 0.1) is 17.6 Å². The predicted octanol–water partition coefficient (Wildman–Crippen LogP) is 4.20. The highest BCUT2D eigenvalue weighted by atomic mass is 16.5. The molecule has 1 aliphatic rings. The SMILES string of the molecule is Cc1ccc2[nH]cc(CCNC(=O)[C@@H]3CCCN(C(=O)c4[nH]c(C)c(C(=O)OC(C)C)c4C)C3)c2c1. The van der Waals surface area contributed by atoms with Crippen molar-refractivity contribution in [3.8, 4) is 0 Å². The van der Waals surface area contributed by atoms with Crippen LogP contribution >= 0.6 is 0 Å². The summed E-state index contributed by atoms with van der Waals surface area (Å²) < 4.78 is 5.34. The third-order valence-electron chi connectivity index (χ3n) is 6.89. The van der Waals surface area contributed by atoms with Gasteiger partial charge in [0.1, 0.15) is 5.69 Å². The van der Waals surface area contributed by atoms with Crippen molar-refractivity contribution < 1.29 is 19.1 Å². The highest BCUT2D eigenvalue weighted by Gasteiger charge is 2.32. The number of carbonyl (C=O) groups excluding carboxylic acids is 3. The lowest BCUT2D eigenvalue weighted by Crippen LogP contribution is -2.46. The predicted molar refractivity (Wildman–Crippen MR) is 139 cm³/mol. The standard InChI is InChI=1S/C28H36N4O4/c1-16(2)36-28(35)24-18(4)25(31-19(24)5)27(34)32-12-6-7-21(15-32)26(33)29-11-10-20-14-30-23-9-8-17(3)13-22(20)23/h8-9,13-14,16,21,30-31H,6-7,10-12,15H2,1-5H3,(H,29,33)/t21-/m1/s1. The van der Waals surface area contributed by atoms with Crippen LogP contribution in [0.1, 0.15) is 69.9 Å². The summed E-state index contributed by atoms with van der Waals surface area (Å²) in [6.45, 7) is 10.7. The fourth-order valence-electron chi connectivity index (χ4n) is 5.04. The Morgan fingerprint density at radius 2 is 1.97 bits per heavy atom.